The van der Waals surface area contributed by atoms with Gasteiger partial charge in [0.15, 0.2) is 0 Å². The van der Waals surface area contributed by atoms with Gasteiger partial charge in [0.1, 0.15) is 11.4 Å². The van der Waals surface area contributed by atoms with E-state index in [-0.39, 0.29) is 5.91 Å². The maximum atomic E-state index is 13.8. The van der Waals surface area contributed by atoms with E-state index in [0.29, 0.717) is 17.2 Å². The minimum atomic E-state index is 0.0535. The number of ether oxygens (including phenoxy) is 2. The number of rotatable bonds is 7. The fourth-order valence-corrected chi connectivity index (χ4v) is 5.13. The molecular formula is C29H36N4O3. The Balaban J connectivity index is 1.33. The molecule has 0 N–H and O–H groups in total. The first-order valence-electron chi connectivity index (χ1n) is 13.0. The Morgan fingerprint density at radius 2 is 1.81 bits per heavy atom. The first kappa shape index (κ1) is 24.5. The molecule has 2 saturated heterocycles. The molecule has 0 bridgehead atoms. The Bertz CT molecular complexity index is 1160. The summed E-state index contributed by atoms with van der Waals surface area (Å²) in [7, 11) is 1.65. The van der Waals surface area contributed by atoms with Crippen LogP contribution in [0.4, 0.5) is 0 Å². The van der Waals surface area contributed by atoms with Crippen molar-refractivity contribution >= 4 is 5.91 Å². The molecule has 0 aliphatic carbocycles. The predicted molar refractivity (Wildman–Crippen MR) is 141 cm³/mol. The largest absolute Gasteiger partial charge is 0.497 e. The van der Waals surface area contributed by atoms with Crippen molar-refractivity contribution in [2.45, 2.75) is 26.2 Å². The number of aryl methyl sites for hydroxylation is 1. The number of morpholine rings is 1. The number of nitrogens with zero attached hydrogens (tertiary/aromatic N) is 4. The molecule has 190 valence electrons. The smallest absolute Gasteiger partial charge is 0.257 e. The second kappa shape index (κ2) is 11.3. The lowest BCUT2D eigenvalue weighted by Crippen LogP contribution is -2.40. The van der Waals surface area contributed by atoms with E-state index in [1.54, 1.807) is 7.11 Å². The van der Waals surface area contributed by atoms with E-state index in [2.05, 4.69) is 24.0 Å². The lowest BCUT2D eigenvalue weighted by molar-refractivity contribution is 0.0332. The first-order valence-corrected chi connectivity index (χ1v) is 13.0. The van der Waals surface area contributed by atoms with E-state index in [4.69, 9.17) is 14.6 Å². The molecule has 0 spiro atoms. The van der Waals surface area contributed by atoms with Crippen LogP contribution in [0.15, 0.2) is 54.7 Å². The van der Waals surface area contributed by atoms with Crippen molar-refractivity contribution in [2.24, 2.45) is 5.92 Å². The zero-order valence-electron chi connectivity index (χ0n) is 21.4. The van der Waals surface area contributed by atoms with Gasteiger partial charge in [-0.15, -0.1) is 0 Å². The van der Waals surface area contributed by atoms with Gasteiger partial charge >= 0.3 is 0 Å². The van der Waals surface area contributed by atoms with Crippen molar-refractivity contribution in [1.29, 1.82) is 0 Å². The van der Waals surface area contributed by atoms with Gasteiger partial charge in [-0.25, -0.2) is 4.68 Å². The maximum Gasteiger partial charge on any atom is 0.257 e. The minimum absolute atomic E-state index is 0.0535. The van der Waals surface area contributed by atoms with Crippen molar-refractivity contribution in [3.8, 4) is 22.7 Å². The normalized spacial score (nSPS) is 17.3. The average Bonchev–Trinajstić information content (AvgIpc) is 3.38. The van der Waals surface area contributed by atoms with Crippen LogP contribution in [0.1, 0.15) is 35.2 Å². The van der Waals surface area contributed by atoms with Crippen LogP contribution < -0.4 is 4.74 Å². The second-order valence-corrected chi connectivity index (χ2v) is 9.88. The Labute approximate surface area is 213 Å². The summed E-state index contributed by atoms with van der Waals surface area (Å²) in [5.41, 5.74) is 4.32. The Morgan fingerprint density at radius 1 is 1.06 bits per heavy atom. The number of methoxy groups -OCH3 is 1. The third kappa shape index (κ3) is 5.63. The van der Waals surface area contributed by atoms with Gasteiger partial charge in [0, 0.05) is 37.9 Å². The summed E-state index contributed by atoms with van der Waals surface area (Å²) in [6, 6.07) is 16.0. The highest BCUT2D eigenvalue weighted by Crippen LogP contribution is 2.29. The molecule has 2 fully saturated rings. The minimum Gasteiger partial charge on any atom is -0.497 e. The van der Waals surface area contributed by atoms with Crippen LogP contribution in [-0.2, 0) is 4.74 Å². The van der Waals surface area contributed by atoms with Gasteiger partial charge in [-0.3, -0.25) is 9.69 Å². The molecule has 2 aliphatic rings. The summed E-state index contributed by atoms with van der Waals surface area (Å²) in [5, 5.41) is 4.87. The van der Waals surface area contributed by atoms with Crippen molar-refractivity contribution in [1.82, 2.24) is 19.6 Å². The molecule has 1 aromatic heterocycles. The third-order valence-corrected chi connectivity index (χ3v) is 7.45. The fourth-order valence-electron chi connectivity index (χ4n) is 5.13. The summed E-state index contributed by atoms with van der Waals surface area (Å²) >= 11 is 0. The monoisotopic (exact) mass is 488 g/mol. The molecule has 0 radical (unpaired) electrons. The number of aromatic nitrogens is 2. The van der Waals surface area contributed by atoms with Gasteiger partial charge in [-0.2, -0.15) is 5.10 Å². The number of hydrogen-bond acceptors (Lipinski definition) is 5. The van der Waals surface area contributed by atoms with E-state index in [1.165, 1.54) is 12.0 Å². The van der Waals surface area contributed by atoms with Crippen LogP contribution in [0.3, 0.4) is 0 Å². The molecule has 7 nitrogen and oxygen atoms in total. The average molecular weight is 489 g/mol. The molecule has 0 atom stereocenters. The van der Waals surface area contributed by atoms with Gasteiger partial charge in [-0.05, 0) is 62.9 Å². The quantitative estimate of drug-likeness (QED) is 0.492. The molecule has 2 aliphatic heterocycles. The van der Waals surface area contributed by atoms with Gasteiger partial charge in [0.05, 0.1) is 31.6 Å². The number of piperidine rings is 1. The molecule has 5 rings (SSSR count). The van der Waals surface area contributed by atoms with Crippen molar-refractivity contribution in [3.63, 3.8) is 0 Å². The van der Waals surface area contributed by atoms with E-state index >= 15 is 0 Å². The number of hydrogen-bond donors (Lipinski definition) is 0. The van der Waals surface area contributed by atoms with Crippen LogP contribution in [0.25, 0.3) is 16.9 Å². The molecule has 2 aromatic carbocycles. The standard InChI is InChI=1S/C29H36N4O3/c1-22-6-8-25(9-7-22)33-21-27(28(30-33)24-4-3-5-26(20-24)35-2)29(34)32-14-11-23(12-15-32)10-13-31-16-18-36-19-17-31/h3-9,20-21,23H,10-19H2,1-2H3. The first-order chi connectivity index (χ1) is 17.6. The summed E-state index contributed by atoms with van der Waals surface area (Å²) in [6.45, 7) is 8.54. The highest BCUT2D eigenvalue weighted by Gasteiger charge is 2.28. The molecule has 36 heavy (non-hydrogen) atoms. The highest BCUT2D eigenvalue weighted by atomic mass is 16.5. The Kier molecular flexibility index (Phi) is 7.68. The van der Waals surface area contributed by atoms with Gasteiger partial charge in [-0.1, -0.05) is 29.8 Å². The maximum absolute atomic E-state index is 13.8. The van der Waals surface area contributed by atoms with Crippen LogP contribution in [-0.4, -0.2) is 78.5 Å². The van der Waals surface area contributed by atoms with Gasteiger partial charge in [0.2, 0.25) is 0 Å². The van der Waals surface area contributed by atoms with Crippen LogP contribution in [0.2, 0.25) is 0 Å². The zero-order valence-corrected chi connectivity index (χ0v) is 21.4. The summed E-state index contributed by atoms with van der Waals surface area (Å²) < 4.78 is 12.7. The van der Waals surface area contributed by atoms with Crippen molar-refractivity contribution in [2.75, 3.05) is 53.0 Å². The second-order valence-electron chi connectivity index (χ2n) is 9.88. The zero-order chi connectivity index (χ0) is 24.9. The van der Waals surface area contributed by atoms with Gasteiger partial charge < -0.3 is 14.4 Å². The predicted octanol–water partition coefficient (Wildman–Crippen LogP) is 4.43. The Morgan fingerprint density at radius 3 is 2.53 bits per heavy atom. The summed E-state index contributed by atoms with van der Waals surface area (Å²) in [5.74, 6) is 1.47. The third-order valence-electron chi connectivity index (χ3n) is 7.45. The molecule has 1 amide bonds. The van der Waals surface area contributed by atoms with Crippen molar-refractivity contribution in [3.05, 3.63) is 65.9 Å². The van der Waals surface area contributed by atoms with Gasteiger partial charge in [0.25, 0.3) is 5.91 Å². The number of carbonyl (C=O) groups excluding carboxylic acids is 1. The summed E-state index contributed by atoms with van der Waals surface area (Å²) in [6.07, 6.45) is 5.18. The van der Waals surface area contributed by atoms with Crippen molar-refractivity contribution < 1.29 is 14.3 Å². The van der Waals surface area contributed by atoms with E-state index in [9.17, 15) is 4.79 Å². The number of carbonyl (C=O) groups is 1. The molecule has 0 saturated carbocycles. The van der Waals surface area contributed by atoms with Crippen LogP contribution in [0.5, 0.6) is 5.75 Å². The molecule has 0 unspecified atom stereocenters. The lowest BCUT2D eigenvalue weighted by Gasteiger charge is -2.34. The SMILES string of the molecule is COc1cccc(-c2nn(-c3ccc(C)cc3)cc2C(=O)N2CCC(CCN3CCOCC3)CC2)c1. The molecular weight excluding hydrogens is 452 g/mol. The van der Waals surface area contributed by atoms with Crippen LogP contribution in [0, 0.1) is 12.8 Å². The van der Waals surface area contributed by atoms with Crippen LogP contribution >= 0.6 is 0 Å². The number of likely N-dealkylation sites (tertiary alicyclic amines) is 1. The van der Waals surface area contributed by atoms with E-state index in [0.717, 1.165) is 75.8 Å². The number of amides is 1. The fraction of sp³-hybridized carbons (Fsp3) is 0.448. The topological polar surface area (TPSA) is 59.8 Å². The molecule has 3 aromatic rings. The lowest BCUT2D eigenvalue weighted by atomic mass is 9.92. The van der Waals surface area contributed by atoms with E-state index in [1.807, 2.05) is 52.2 Å². The molecule has 7 heteroatoms. The highest BCUT2D eigenvalue weighted by molar-refractivity contribution is 6.00. The van der Waals surface area contributed by atoms with E-state index < -0.39 is 0 Å². The molecule has 3 heterocycles. The summed E-state index contributed by atoms with van der Waals surface area (Å²) in [4.78, 5) is 18.3. The Hall–Kier alpha value is -3.16. The number of benzene rings is 2.